The van der Waals surface area contributed by atoms with E-state index in [9.17, 15) is 4.79 Å². The highest BCUT2D eigenvalue weighted by molar-refractivity contribution is 7.17. The lowest BCUT2D eigenvalue weighted by Crippen LogP contribution is -2.10. The summed E-state index contributed by atoms with van der Waals surface area (Å²) >= 11 is 1.48. The van der Waals surface area contributed by atoms with Gasteiger partial charge >= 0.3 is 0 Å². The van der Waals surface area contributed by atoms with Gasteiger partial charge < -0.3 is 9.88 Å². The molecular formula is C22H21N3OS. The van der Waals surface area contributed by atoms with Crippen LogP contribution in [0.15, 0.2) is 60.7 Å². The number of amides is 1. The van der Waals surface area contributed by atoms with E-state index in [2.05, 4.69) is 22.9 Å². The van der Waals surface area contributed by atoms with Crippen molar-refractivity contribution in [2.45, 2.75) is 26.8 Å². The first kappa shape index (κ1) is 17.5. The highest BCUT2D eigenvalue weighted by Gasteiger charge is 2.16. The van der Waals surface area contributed by atoms with Crippen molar-refractivity contribution in [3.05, 3.63) is 71.1 Å². The van der Waals surface area contributed by atoms with Crippen LogP contribution in [0.5, 0.6) is 0 Å². The summed E-state index contributed by atoms with van der Waals surface area (Å²) < 4.78 is 2.24. The predicted molar refractivity (Wildman–Crippen MR) is 112 cm³/mol. The van der Waals surface area contributed by atoms with Gasteiger partial charge in [-0.05, 0) is 49.2 Å². The zero-order chi connectivity index (χ0) is 18.8. The minimum Gasteiger partial charge on any atom is -0.323 e. The van der Waals surface area contributed by atoms with Crippen LogP contribution in [0.25, 0.3) is 21.7 Å². The molecule has 0 aliphatic carbocycles. The maximum atomic E-state index is 12.7. The van der Waals surface area contributed by atoms with Gasteiger partial charge in [-0.1, -0.05) is 37.3 Å². The fourth-order valence-corrected chi connectivity index (χ4v) is 4.09. The number of aryl methyl sites for hydroxylation is 2. The van der Waals surface area contributed by atoms with E-state index in [0.29, 0.717) is 4.88 Å². The molecule has 27 heavy (non-hydrogen) atoms. The second kappa shape index (κ2) is 7.37. The molecule has 0 bridgehead atoms. The minimum absolute atomic E-state index is 0.0845. The number of carbonyl (C=O) groups is 1. The highest BCUT2D eigenvalue weighted by Crippen LogP contribution is 2.31. The molecule has 0 aliphatic heterocycles. The summed E-state index contributed by atoms with van der Waals surface area (Å²) in [5, 5.41) is 3.00. The van der Waals surface area contributed by atoms with Crippen LogP contribution in [-0.4, -0.2) is 15.5 Å². The number of anilines is 1. The largest absolute Gasteiger partial charge is 0.323 e. The number of rotatable bonds is 5. The molecular weight excluding hydrogens is 354 g/mol. The number of hydrogen-bond donors (Lipinski definition) is 1. The lowest BCUT2D eigenvalue weighted by Gasteiger charge is -2.07. The smallest absolute Gasteiger partial charge is 0.265 e. The van der Waals surface area contributed by atoms with E-state index in [1.807, 2.05) is 61.5 Å². The fourth-order valence-electron chi connectivity index (χ4n) is 3.19. The number of nitrogens with one attached hydrogen (secondary N) is 1. The Hall–Kier alpha value is -2.92. The van der Waals surface area contributed by atoms with Crippen LogP contribution in [0.4, 0.5) is 5.69 Å². The maximum absolute atomic E-state index is 12.7. The van der Waals surface area contributed by atoms with Gasteiger partial charge in [0.2, 0.25) is 0 Å². The summed E-state index contributed by atoms with van der Waals surface area (Å²) in [6.07, 6.45) is 1.03. The normalized spacial score (nSPS) is 11.0. The molecule has 2 aromatic heterocycles. The van der Waals surface area contributed by atoms with Gasteiger partial charge in [0.15, 0.2) is 5.82 Å². The topological polar surface area (TPSA) is 46.9 Å². The van der Waals surface area contributed by atoms with Gasteiger partial charge in [0.1, 0.15) is 0 Å². The van der Waals surface area contributed by atoms with Gasteiger partial charge in [-0.2, -0.15) is 0 Å². The third-order valence-electron chi connectivity index (χ3n) is 4.55. The van der Waals surface area contributed by atoms with Crippen LogP contribution in [-0.2, 0) is 6.54 Å². The molecule has 0 saturated carbocycles. The first-order valence-corrected chi connectivity index (χ1v) is 9.91. The molecule has 0 fully saturated rings. The standard InChI is InChI=1S/C22H21N3OS/c1-3-14-25-18-11-7-6-10-17(18)23-21(25)19-12-13-20(27-19)22(26)24-16-9-5-4-8-15(16)2/h4-13H,3,14H2,1-2H3,(H,24,26). The van der Waals surface area contributed by atoms with Crippen LogP contribution >= 0.6 is 11.3 Å². The summed E-state index contributed by atoms with van der Waals surface area (Å²) in [7, 11) is 0. The summed E-state index contributed by atoms with van der Waals surface area (Å²) in [5.74, 6) is 0.844. The van der Waals surface area contributed by atoms with Crippen molar-refractivity contribution in [3.63, 3.8) is 0 Å². The highest BCUT2D eigenvalue weighted by atomic mass is 32.1. The first-order valence-electron chi connectivity index (χ1n) is 9.10. The Labute approximate surface area is 162 Å². The zero-order valence-electron chi connectivity index (χ0n) is 15.4. The van der Waals surface area contributed by atoms with Gasteiger partial charge in [0.05, 0.1) is 20.8 Å². The van der Waals surface area contributed by atoms with E-state index in [1.165, 1.54) is 11.3 Å². The van der Waals surface area contributed by atoms with Crippen LogP contribution in [0.1, 0.15) is 28.6 Å². The summed E-state index contributed by atoms with van der Waals surface area (Å²) in [5.41, 5.74) is 4.01. The molecule has 0 radical (unpaired) electrons. The van der Waals surface area contributed by atoms with Crippen molar-refractivity contribution in [1.82, 2.24) is 9.55 Å². The van der Waals surface area contributed by atoms with Crippen molar-refractivity contribution < 1.29 is 4.79 Å². The quantitative estimate of drug-likeness (QED) is 0.484. The Morgan fingerprint density at radius 3 is 2.67 bits per heavy atom. The number of para-hydroxylation sites is 3. The molecule has 5 heteroatoms. The SMILES string of the molecule is CCCn1c(-c2ccc(C(=O)Nc3ccccc3C)s2)nc2ccccc21. The third kappa shape index (κ3) is 3.38. The van der Waals surface area contributed by atoms with Gasteiger partial charge in [-0.15, -0.1) is 11.3 Å². The van der Waals surface area contributed by atoms with Crippen molar-refractivity contribution in [2.75, 3.05) is 5.32 Å². The van der Waals surface area contributed by atoms with Gasteiger partial charge in [0, 0.05) is 12.2 Å². The molecule has 0 spiro atoms. The Balaban J connectivity index is 1.66. The molecule has 4 rings (SSSR count). The lowest BCUT2D eigenvalue weighted by atomic mass is 10.2. The zero-order valence-corrected chi connectivity index (χ0v) is 16.2. The van der Waals surface area contributed by atoms with Crippen LogP contribution in [0.3, 0.4) is 0 Å². The minimum atomic E-state index is -0.0845. The average molecular weight is 375 g/mol. The van der Waals surface area contributed by atoms with Crippen LogP contribution < -0.4 is 5.32 Å². The molecule has 4 aromatic rings. The summed E-state index contributed by atoms with van der Waals surface area (Å²) in [6, 6.07) is 19.8. The van der Waals surface area contributed by atoms with Crippen LogP contribution in [0.2, 0.25) is 0 Å². The monoisotopic (exact) mass is 375 g/mol. The fraction of sp³-hybridized carbons (Fsp3) is 0.182. The van der Waals surface area contributed by atoms with Gasteiger partial charge in [0.25, 0.3) is 5.91 Å². The van der Waals surface area contributed by atoms with Crippen LogP contribution in [0, 0.1) is 6.92 Å². The van der Waals surface area contributed by atoms with E-state index in [4.69, 9.17) is 4.98 Å². The summed E-state index contributed by atoms with van der Waals surface area (Å²) in [6.45, 7) is 5.05. The third-order valence-corrected chi connectivity index (χ3v) is 5.63. The summed E-state index contributed by atoms with van der Waals surface area (Å²) in [4.78, 5) is 19.2. The first-order chi connectivity index (χ1) is 13.2. The number of thiophene rings is 1. The number of hydrogen-bond acceptors (Lipinski definition) is 3. The van der Waals surface area contributed by atoms with Crippen molar-refractivity contribution in [1.29, 1.82) is 0 Å². The van der Waals surface area contributed by atoms with Crippen molar-refractivity contribution in [3.8, 4) is 10.7 Å². The molecule has 1 N–H and O–H groups in total. The average Bonchev–Trinajstić information content (AvgIpc) is 3.29. The molecule has 4 nitrogen and oxygen atoms in total. The second-order valence-electron chi connectivity index (χ2n) is 6.51. The molecule has 1 amide bonds. The van der Waals surface area contributed by atoms with Crippen molar-refractivity contribution in [2.24, 2.45) is 0 Å². The Kier molecular flexibility index (Phi) is 4.77. The number of carbonyl (C=O) groups excluding carboxylic acids is 1. The molecule has 0 saturated heterocycles. The Morgan fingerprint density at radius 1 is 1.07 bits per heavy atom. The van der Waals surface area contributed by atoms with Crippen molar-refractivity contribution >= 4 is 34.0 Å². The lowest BCUT2D eigenvalue weighted by molar-refractivity contribution is 0.103. The number of fused-ring (bicyclic) bond motifs is 1. The maximum Gasteiger partial charge on any atom is 0.265 e. The Morgan fingerprint density at radius 2 is 1.85 bits per heavy atom. The predicted octanol–water partition coefficient (Wildman–Crippen LogP) is 5.74. The Bertz CT molecular complexity index is 1110. The number of nitrogens with zero attached hydrogens (tertiary/aromatic N) is 2. The van der Waals surface area contributed by atoms with E-state index in [0.717, 1.165) is 46.0 Å². The molecule has 136 valence electrons. The number of benzene rings is 2. The number of aromatic nitrogens is 2. The van der Waals surface area contributed by atoms with E-state index >= 15 is 0 Å². The molecule has 2 heterocycles. The number of imidazole rings is 1. The molecule has 0 aliphatic rings. The van der Waals surface area contributed by atoms with E-state index in [1.54, 1.807) is 0 Å². The van der Waals surface area contributed by atoms with Gasteiger partial charge in [-0.25, -0.2) is 4.98 Å². The molecule has 0 unspecified atom stereocenters. The second-order valence-corrected chi connectivity index (χ2v) is 7.59. The molecule has 0 atom stereocenters. The van der Waals surface area contributed by atoms with Gasteiger partial charge in [-0.3, -0.25) is 4.79 Å². The van der Waals surface area contributed by atoms with E-state index in [-0.39, 0.29) is 5.91 Å². The molecule has 2 aromatic carbocycles. The van der Waals surface area contributed by atoms with E-state index < -0.39 is 0 Å².